The molecule has 0 atom stereocenters. The van der Waals surface area contributed by atoms with E-state index in [0.29, 0.717) is 5.92 Å². The molecule has 2 aromatic heterocycles. The standard InChI is InChI=1S/C21H27N3OS/c1-15-13-19(26-20(15)21(25)24-9-3-4-10-24)18-6-5-17(14-22-18)16-7-11-23(2)12-8-16/h5-6,13-14,16H,3-4,7-12H2,1-2H3. The van der Waals surface area contributed by atoms with E-state index in [2.05, 4.69) is 30.1 Å². The lowest BCUT2D eigenvalue weighted by molar-refractivity contribution is 0.0797. The molecule has 26 heavy (non-hydrogen) atoms. The minimum atomic E-state index is 0.194. The molecule has 2 aromatic rings. The van der Waals surface area contributed by atoms with Gasteiger partial charge in [0, 0.05) is 19.3 Å². The van der Waals surface area contributed by atoms with E-state index >= 15 is 0 Å². The van der Waals surface area contributed by atoms with E-state index in [4.69, 9.17) is 4.98 Å². The van der Waals surface area contributed by atoms with Gasteiger partial charge in [-0.15, -0.1) is 11.3 Å². The number of piperidine rings is 1. The maximum absolute atomic E-state index is 12.7. The van der Waals surface area contributed by atoms with E-state index in [-0.39, 0.29) is 5.91 Å². The topological polar surface area (TPSA) is 36.4 Å². The highest BCUT2D eigenvalue weighted by molar-refractivity contribution is 7.17. The average Bonchev–Trinajstić information content (AvgIpc) is 3.32. The van der Waals surface area contributed by atoms with Crippen molar-refractivity contribution in [1.82, 2.24) is 14.8 Å². The largest absolute Gasteiger partial charge is 0.338 e. The first-order valence-electron chi connectivity index (χ1n) is 9.66. The van der Waals surface area contributed by atoms with Crippen LogP contribution in [0.5, 0.6) is 0 Å². The number of hydrogen-bond donors (Lipinski definition) is 0. The van der Waals surface area contributed by atoms with E-state index in [1.807, 2.05) is 18.0 Å². The fraction of sp³-hybridized carbons (Fsp3) is 0.524. The smallest absolute Gasteiger partial charge is 0.264 e. The third-order valence-corrected chi connectivity index (χ3v) is 6.98. The number of aromatic nitrogens is 1. The highest BCUT2D eigenvalue weighted by Crippen LogP contribution is 2.33. The fourth-order valence-corrected chi connectivity index (χ4v) is 5.14. The molecule has 4 heterocycles. The number of thiophene rings is 1. The Labute approximate surface area is 159 Å². The number of rotatable bonds is 3. The number of carbonyl (C=O) groups is 1. The molecule has 2 saturated heterocycles. The third kappa shape index (κ3) is 3.55. The SMILES string of the molecule is Cc1cc(-c2ccc(C3CCN(C)CC3)cn2)sc1C(=O)N1CCCC1. The van der Waals surface area contributed by atoms with Gasteiger partial charge in [-0.3, -0.25) is 9.78 Å². The second-order valence-corrected chi connectivity index (χ2v) is 8.73. The Bertz CT molecular complexity index is 769. The Morgan fingerprint density at radius 3 is 2.54 bits per heavy atom. The van der Waals surface area contributed by atoms with E-state index in [0.717, 1.165) is 46.9 Å². The number of nitrogens with zero attached hydrogens (tertiary/aromatic N) is 3. The molecule has 2 aliphatic rings. The Balaban J connectivity index is 1.51. The first-order valence-corrected chi connectivity index (χ1v) is 10.5. The van der Waals surface area contributed by atoms with Gasteiger partial charge in [0.25, 0.3) is 5.91 Å². The first kappa shape index (κ1) is 17.7. The lowest BCUT2D eigenvalue weighted by Gasteiger charge is -2.29. The Morgan fingerprint density at radius 2 is 1.88 bits per heavy atom. The number of aryl methyl sites for hydroxylation is 1. The quantitative estimate of drug-likeness (QED) is 0.815. The number of carbonyl (C=O) groups excluding carboxylic acids is 1. The molecular weight excluding hydrogens is 342 g/mol. The molecule has 138 valence electrons. The lowest BCUT2D eigenvalue weighted by Crippen LogP contribution is -2.29. The van der Waals surface area contributed by atoms with Crippen LogP contribution in [0.15, 0.2) is 24.4 Å². The molecule has 0 unspecified atom stereocenters. The van der Waals surface area contributed by atoms with Gasteiger partial charge >= 0.3 is 0 Å². The molecule has 0 N–H and O–H groups in total. The zero-order valence-electron chi connectivity index (χ0n) is 15.7. The van der Waals surface area contributed by atoms with Gasteiger partial charge in [0.1, 0.15) is 0 Å². The van der Waals surface area contributed by atoms with E-state index in [1.54, 1.807) is 11.3 Å². The minimum absolute atomic E-state index is 0.194. The van der Waals surface area contributed by atoms with Crippen LogP contribution in [0, 0.1) is 6.92 Å². The van der Waals surface area contributed by atoms with Crippen LogP contribution in [0.4, 0.5) is 0 Å². The maximum atomic E-state index is 12.7. The van der Waals surface area contributed by atoms with E-state index in [9.17, 15) is 4.79 Å². The van der Waals surface area contributed by atoms with Crippen LogP contribution in [0.25, 0.3) is 10.6 Å². The summed E-state index contributed by atoms with van der Waals surface area (Å²) in [6, 6.07) is 6.48. The summed E-state index contributed by atoms with van der Waals surface area (Å²) in [4.78, 5) is 23.8. The molecule has 0 bridgehead atoms. The van der Waals surface area contributed by atoms with Crippen molar-refractivity contribution in [3.05, 3.63) is 40.4 Å². The molecule has 0 aliphatic carbocycles. The molecule has 2 fully saturated rings. The third-order valence-electron chi connectivity index (χ3n) is 5.73. The maximum Gasteiger partial charge on any atom is 0.264 e. The second-order valence-electron chi connectivity index (χ2n) is 7.68. The van der Waals surface area contributed by atoms with Gasteiger partial charge in [0.15, 0.2) is 0 Å². The van der Waals surface area contributed by atoms with Crippen LogP contribution >= 0.6 is 11.3 Å². The van der Waals surface area contributed by atoms with Gasteiger partial charge in [0.2, 0.25) is 0 Å². The summed E-state index contributed by atoms with van der Waals surface area (Å²) in [6.45, 7) is 6.16. The number of amides is 1. The molecule has 2 aliphatic heterocycles. The van der Waals surface area contributed by atoms with Crippen LogP contribution in [-0.2, 0) is 0 Å². The monoisotopic (exact) mass is 369 g/mol. The molecule has 0 saturated carbocycles. The molecule has 1 amide bonds. The summed E-state index contributed by atoms with van der Waals surface area (Å²) < 4.78 is 0. The zero-order chi connectivity index (χ0) is 18.1. The Morgan fingerprint density at radius 1 is 1.15 bits per heavy atom. The van der Waals surface area contributed by atoms with Crippen LogP contribution in [-0.4, -0.2) is 53.9 Å². The molecule has 5 heteroatoms. The van der Waals surface area contributed by atoms with Crippen molar-refractivity contribution in [2.24, 2.45) is 0 Å². The second kappa shape index (κ2) is 7.49. The molecule has 4 rings (SSSR count). The van der Waals surface area contributed by atoms with Crippen molar-refractivity contribution in [3.63, 3.8) is 0 Å². The van der Waals surface area contributed by atoms with Gasteiger partial charge < -0.3 is 9.80 Å². The average molecular weight is 370 g/mol. The zero-order valence-corrected chi connectivity index (χ0v) is 16.5. The van der Waals surface area contributed by atoms with Crippen LogP contribution < -0.4 is 0 Å². The summed E-state index contributed by atoms with van der Waals surface area (Å²) in [6.07, 6.45) is 6.72. The minimum Gasteiger partial charge on any atom is -0.338 e. The van der Waals surface area contributed by atoms with Gasteiger partial charge in [-0.1, -0.05) is 6.07 Å². The van der Waals surface area contributed by atoms with Crippen molar-refractivity contribution in [3.8, 4) is 10.6 Å². The van der Waals surface area contributed by atoms with Crippen LogP contribution in [0.3, 0.4) is 0 Å². The normalized spacial score (nSPS) is 19.2. The molecular formula is C21H27N3OS. The number of hydrogen-bond acceptors (Lipinski definition) is 4. The van der Waals surface area contributed by atoms with Crippen molar-refractivity contribution >= 4 is 17.2 Å². The van der Waals surface area contributed by atoms with Crippen molar-refractivity contribution in [1.29, 1.82) is 0 Å². The lowest BCUT2D eigenvalue weighted by atomic mass is 9.90. The van der Waals surface area contributed by atoms with Gasteiger partial charge in [-0.05, 0) is 81.9 Å². The number of pyridine rings is 1. The fourth-order valence-electron chi connectivity index (χ4n) is 4.02. The predicted molar refractivity (Wildman–Crippen MR) is 107 cm³/mol. The summed E-state index contributed by atoms with van der Waals surface area (Å²) in [5.74, 6) is 0.823. The summed E-state index contributed by atoms with van der Waals surface area (Å²) >= 11 is 1.59. The van der Waals surface area contributed by atoms with Gasteiger partial charge in [-0.2, -0.15) is 0 Å². The van der Waals surface area contributed by atoms with Gasteiger partial charge in [0.05, 0.1) is 15.4 Å². The Hall–Kier alpha value is -1.72. The molecule has 0 aromatic carbocycles. The van der Waals surface area contributed by atoms with Gasteiger partial charge in [-0.25, -0.2) is 0 Å². The molecule has 0 radical (unpaired) electrons. The summed E-state index contributed by atoms with van der Waals surface area (Å²) in [7, 11) is 2.19. The molecule has 0 spiro atoms. The highest BCUT2D eigenvalue weighted by Gasteiger charge is 2.24. The first-order chi connectivity index (χ1) is 12.6. The Kier molecular flexibility index (Phi) is 5.09. The summed E-state index contributed by atoms with van der Waals surface area (Å²) in [5.41, 5.74) is 3.40. The van der Waals surface area contributed by atoms with Crippen LogP contribution in [0.1, 0.15) is 52.4 Å². The highest BCUT2D eigenvalue weighted by atomic mass is 32.1. The van der Waals surface area contributed by atoms with E-state index < -0.39 is 0 Å². The molecule has 4 nitrogen and oxygen atoms in total. The van der Waals surface area contributed by atoms with Crippen molar-refractivity contribution in [2.45, 2.75) is 38.5 Å². The van der Waals surface area contributed by atoms with Crippen molar-refractivity contribution < 1.29 is 4.79 Å². The van der Waals surface area contributed by atoms with Crippen LogP contribution in [0.2, 0.25) is 0 Å². The van der Waals surface area contributed by atoms with Crippen molar-refractivity contribution in [2.75, 3.05) is 33.2 Å². The predicted octanol–water partition coefficient (Wildman–Crippen LogP) is 4.16. The summed E-state index contributed by atoms with van der Waals surface area (Å²) in [5, 5.41) is 0. The number of likely N-dealkylation sites (tertiary alicyclic amines) is 2. The van der Waals surface area contributed by atoms with E-state index in [1.165, 1.54) is 31.5 Å².